The molecule has 0 bridgehead atoms. The van der Waals surface area contributed by atoms with E-state index in [1.807, 2.05) is 0 Å². The van der Waals surface area contributed by atoms with Crippen LogP contribution in [0.2, 0.25) is 0 Å². The predicted octanol–water partition coefficient (Wildman–Crippen LogP) is -0.993. The number of carbonyl (C=O) groups is 3. The van der Waals surface area contributed by atoms with Gasteiger partial charge in [0.05, 0.1) is 0 Å². The number of hydrogen-bond acceptors (Lipinski definition) is 4. The van der Waals surface area contributed by atoms with Crippen molar-refractivity contribution < 1.29 is 24.3 Å². The van der Waals surface area contributed by atoms with Gasteiger partial charge >= 0.3 is 11.9 Å². The molecular weight excluding hydrogens is 154 g/mol. The molecule has 0 atom stereocenters. The Labute approximate surface area is 62.3 Å². The molecule has 0 aromatic carbocycles. The fourth-order valence-electron chi connectivity index (χ4n) is 0.228. The molecule has 0 fully saturated rings. The minimum Gasteiger partial charge on any atom is -0.473 e. The van der Waals surface area contributed by atoms with Crippen LogP contribution in [0.5, 0.6) is 0 Å². The van der Waals surface area contributed by atoms with E-state index in [-0.39, 0.29) is 0 Å². The molecule has 0 rings (SSSR count). The number of aliphatic carboxylic acids is 1. The standard InChI is InChI=1S/C5H7NO5/c1-3(7)6(2)11-5(10)4(8)9/h1-2H3,(H,8,9). The average Bonchev–Trinajstić information content (AvgIpc) is 1.87. The molecule has 6 nitrogen and oxygen atoms in total. The van der Waals surface area contributed by atoms with Gasteiger partial charge in [-0.1, -0.05) is 0 Å². The van der Waals surface area contributed by atoms with Gasteiger partial charge in [0, 0.05) is 14.0 Å². The molecule has 0 aliphatic rings. The van der Waals surface area contributed by atoms with Crippen LogP contribution in [0.15, 0.2) is 0 Å². The van der Waals surface area contributed by atoms with E-state index < -0.39 is 17.8 Å². The molecule has 0 aromatic rings. The van der Waals surface area contributed by atoms with Gasteiger partial charge in [0.1, 0.15) is 0 Å². The number of carboxylic acids is 1. The van der Waals surface area contributed by atoms with Crippen LogP contribution in [-0.4, -0.2) is 35.1 Å². The second kappa shape index (κ2) is 3.55. The molecule has 0 aliphatic carbocycles. The van der Waals surface area contributed by atoms with Gasteiger partial charge in [-0.3, -0.25) is 4.79 Å². The Kier molecular flexibility index (Phi) is 3.03. The van der Waals surface area contributed by atoms with Crippen molar-refractivity contribution in [1.29, 1.82) is 0 Å². The maximum absolute atomic E-state index is 10.4. The third kappa shape index (κ3) is 3.19. The number of carboxylic acid groups (broad SMARTS) is 1. The highest BCUT2D eigenvalue weighted by molar-refractivity contribution is 6.28. The van der Waals surface area contributed by atoms with Crippen molar-refractivity contribution in [2.24, 2.45) is 0 Å². The highest BCUT2D eigenvalue weighted by Crippen LogP contribution is 1.86. The van der Waals surface area contributed by atoms with E-state index in [4.69, 9.17) is 5.11 Å². The number of carbonyl (C=O) groups excluding carboxylic acids is 2. The van der Waals surface area contributed by atoms with E-state index in [0.717, 1.165) is 14.0 Å². The van der Waals surface area contributed by atoms with Crippen molar-refractivity contribution in [3.63, 3.8) is 0 Å². The summed E-state index contributed by atoms with van der Waals surface area (Å²) in [5, 5.41) is 8.54. The van der Waals surface area contributed by atoms with Gasteiger partial charge in [-0.15, -0.1) is 0 Å². The number of nitrogens with zero attached hydrogens (tertiary/aromatic N) is 1. The lowest BCUT2D eigenvalue weighted by atomic mass is 10.7. The van der Waals surface area contributed by atoms with E-state index in [2.05, 4.69) is 4.84 Å². The van der Waals surface area contributed by atoms with E-state index in [1.165, 1.54) is 0 Å². The fraction of sp³-hybridized carbons (Fsp3) is 0.400. The molecule has 6 heteroatoms. The molecule has 0 unspecified atom stereocenters. The molecule has 0 saturated heterocycles. The van der Waals surface area contributed by atoms with E-state index in [1.54, 1.807) is 0 Å². The first-order chi connectivity index (χ1) is 4.95. The van der Waals surface area contributed by atoms with Gasteiger partial charge in [-0.2, -0.15) is 5.06 Å². The molecule has 1 N–H and O–H groups in total. The molecule has 0 saturated carbocycles. The minimum atomic E-state index is -1.74. The maximum Gasteiger partial charge on any atom is 0.441 e. The van der Waals surface area contributed by atoms with E-state index in [9.17, 15) is 14.4 Å². The van der Waals surface area contributed by atoms with Crippen LogP contribution in [0.1, 0.15) is 6.92 Å². The third-order valence-corrected chi connectivity index (χ3v) is 0.838. The molecule has 0 aromatic heterocycles. The maximum atomic E-state index is 10.4. The number of rotatable bonds is 0. The fourth-order valence-corrected chi connectivity index (χ4v) is 0.228. The second-order valence-electron chi connectivity index (χ2n) is 1.70. The molecule has 11 heavy (non-hydrogen) atoms. The topological polar surface area (TPSA) is 83.9 Å². The summed E-state index contributed by atoms with van der Waals surface area (Å²) in [7, 11) is 1.14. The Hall–Kier alpha value is -1.59. The SMILES string of the molecule is CC(=O)N(C)OC(=O)C(=O)O. The van der Waals surface area contributed by atoms with Crippen LogP contribution in [-0.2, 0) is 19.2 Å². The average molecular weight is 161 g/mol. The van der Waals surface area contributed by atoms with Crippen LogP contribution in [0, 0.1) is 0 Å². The summed E-state index contributed by atoms with van der Waals surface area (Å²) < 4.78 is 0. The number of amides is 1. The molecule has 0 aliphatic heterocycles. The Balaban J connectivity index is 3.95. The lowest BCUT2D eigenvalue weighted by Gasteiger charge is -2.10. The summed E-state index contributed by atoms with van der Waals surface area (Å²) in [6.45, 7) is 1.13. The quantitative estimate of drug-likeness (QED) is 0.364. The van der Waals surface area contributed by atoms with Crippen LogP contribution in [0.25, 0.3) is 0 Å². The van der Waals surface area contributed by atoms with Gasteiger partial charge < -0.3 is 9.94 Å². The summed E-state index contributed by atoms with van der Waals surface area (Å²) in [6.07, 6.45) is 0. The molecule has 0 heterocycles. The van der Waals surface area contributed by atoms with Crippen molar-refractivity contribution in [1.82, 2.24) is 5.06 Å². The highest BCUT2D eigenvalue weighted by atomic mass is 16.7. The van der Waals surface area contributed by atoms with Gasteiger partial charge in [-0.25, -0.2) is 9.59 Å². The Morgan fingerprint density at radius 1 is 1.36 bits per heavy atom. The number of hydrogen-bond donors (Lipinski definition) is 1. The van der Waals surface area contributed by atoms with Gasteiger partial charge in [0.2, 0.25) is 0 Å². The zero-order chi connectivity index (χ0) is 9.02. The van der Waals surface area contributed by atoms with Crippen molar-refractivity contribution in [3.8, 4) is 0 Å². The van der Waals surface area contributed by atoms with E-state index >= 15 is 0 Å². The monoisotopic (exact) mass is 161 g/mol. The first-order valence-electron chi connectivity index (χ1n) is 2.64. The van der Waals surface area contributed by atoms with Gasteiger partial charge in [0.15, 0.2) is 0 Å². The highest BCUT2D eigenvalue weighted by Gasteiger charge is 2.17. The van der Waals surface area contributed by atoms with Gasteiger partial charge in [0.25, 0.3) is 5.91 Å². The smallest absolute Gasteiger partial charge is 0.441 e. The molecule has 62 valence electrons. The summed E-state index contributed by atoms with van der Waals surface area (Å²) >= 11 is 0. The zero-order valence-corrected chi connectivity index (χ0v) is 6.03. The summed E-state index contributed by atoms with van der Waals surface area (Å²) in [6, 6.07) is 0. The molecule has 0 spiro atoms. The largest absolute Gasteiger partial charge is 0.473 e. The van der Waals surface area contributed by atoms with Crippen LogP contribution >= 0.6 is 0 Å². The summed E-state index contributed by atoms with van der Waals surface area (Å²) in [5.74, 6) is -3.78. The normalized spacial score (nSPS) is 8.55. The third-order valence-electron chi connectivity index (χ3n) is 0.838. The van der Waals surface area contributed by atoms with E-state index in [0.29, 0.717) is 5.06 Å². The van der Waals surface area contributed by atoms with Crippen LogP contribution in [0.3, 0.4) is 0 Å². The van der Waals surface area contributed by atoms with Crippen molar-refractivity contribution in [2.45, 2.75) is 6.92 Å². The molecule has 0 radical (unpaired) electrons. The molecule has 1 amide bonds. The summed E-state index contributed by atoms with van der Waals surface area (Å²) in [5.41, 5.74) is 0. The summed E-state index contributed by atoms with van der Waals surface area (Å²) in [4.78, 5) is 34.5. The van der Waals surface area contributed by atoms with Crippen molar-refractivity contribution >= 4 is 17.8 Å². The van der Waals surface area contributed by atoms with Gasteiger partial charge in [-0.05, 0) is 0 Å². The lowest BCUT2D eigenvalue weighted by molar-refractivity contribution is -0.196. The van der Waals surface area contributed by atoms with Crippen molar-refractivity contribution in [3.05, 3.63) is 0 Å². The van der Waals surface area contributed by atoms with Crippen LogP contribution < -0.4 is 0 Å². The Bertz CT molecular complexity index is 199. The van der Waals surface area contributed by atoms with Crippen LogP contribution in [0.4, 0.5) is 0 Å². The lowest BCUT2D eigenvalue weighted by Crippen LogP contribution is -2.31. The zero-order valence-electron chi connectivity index (χ0n) is 6.03. The number of hydroxylamine groups is 2. The molecular formula is C5H7NO5. The Morgan fingerprint density at radius 2 is 1.82 bits per heavy atom. The predicted molar refractivity (Wildman–Crippen MR) is 32.2 cm³/mol. The van der Waals surface area contributed by atoms with Crippen molar-refractivity contribution in [2.75, 3.05) is 7.05 Å². The minimum absolute atomic E-state index is 0.538. The first-order valence-corrected chi connectivity index (χ1v) is 2.64. The Morgan fingerprint density at radius 3 is 2.09 bits per heavy atom. The first kappa shape index (κ1) is 9.41. The second-order valence-corrected chi connectivity index (χ2v) is 1.70.